The average molecular weight is 406 g/mol. The van der Waals surface area contributed by atoms with Crippen molar-refractivity contribution in [2.24, 2.45) is 7.05 Å². The predicted molar refractivity (Wildman–Crippen MR) is 115 cm³/mol. The van der Waals surface area contributed by atoms with Crippen LogP contribution in [-0.2, 0) is 11.8 Å². The van der Waals surface area contributed by atoms with Crippen LogP contribution in [0.25, 0.3) is 16.7 Å². The van der Waals surface area contributed by atoms with Crippen molar-refractivity contribution in [1.29, 1.82) is 0 Å². The van der Waals surface area contributed by atoms with Crippen molar-refractivity contribution in [2.45, 2.75) is 45.6 Å². The molecule has 1 aliphatic heterocycles. The molecule has 0 bridgehead atoms. The Balaban J connectivity index is 1.57. The van der Waals surface area contributed by atoms with Crippen LogP contribution in [0.2, 0.25) is 0 Å². The highest BCUT2D eigenvalue weighted by molar-refractivity contribution is 5.86. The maximum atomic E-state index is 6.01. The van der Waals surface area contributed by atoms with Crippen LogP contribution >= 0.6 is 0 Å². The second kappa shape index (κ2) is 7.75. The van der Waals surface area contributed by atoms with Gasteiger partial charge in [-0.2, -0.15) is 10.1 Å². The number of fused-ring (bicyclic) bond motifs is 1. The Hall–Kier alpha value is -2.87. The number of aryl methyl sites for hydroxylation is 3. The van der Waals surface area contributed by atoms with Gasteiger partial charge < -0.3 is 9.64 Å². The lowest BCUT2D eigenvalue weighted by Gasteiger charge is -2.32. The summed E-state index contributed by atoms with van der Waals surface area (Å²) in [6.07, 6.45) is 10.7. The summed E-state index contributed by atoms with van der Waals surface area (Å²) in [6.45, 7) is 6.04. The van der Waals surface area contributed by atoms with Crippen LogP contribution in [0, 0.1) is 13.8 Å². The third-order valence-electron chi connectivity index (χ3n) is 5.97. The van der Waals surface area contributed by atoms with E-state index in [0.29, 0.717) is 24.7 Å². The molecule has 2 aliphatic rings. The van der Waals surface area contributed by atoms with E-state index in [9.17, 15) is 0 Å². The van der Waals surface area contributed by atoms with E-state index in [0.717, 1.165) is 47.5 Å². The van der Waals surface area contributed by atoms with Gasteiger partial charge in [0, 0.05) is 25.4 Å². The maximum Gasteiger partial charge on any atom is 0.228 e. The van der Waals surface area contributed by atoms with Crippen molar-refractivity contribution in [2.75, 3.05) is 24.6 Å². The van der Waals surface area contributed by atoms with E-state index in [-0.39, 0.29) is 6.10 Å². The van der Waals surface area contributed by atoms with Gasteiger partial charge in [0.15, 0.2) is 5.65 Å². The van der Waals surface area contributed by atoms with Gasteiger partial charge in [-0.3, -0.25) is 4.68 Å². The molecule has 1 aliphatic carbocycles. The van der Waals surface area contributed by atoms with Gasteiger partial charge in [-0.1, -0.05) is 6.08 Å². The first-order chi connectivity index (χ1) is 14.6. The van der Waals surface area contributed by atoms with Crippen molar-refractivity contribution in [3.05, 3.63) is 41.1 Å². The largest absolute Gasteiger partial charge is 0.370 e. The molecule has 0 saturated carbocycles. The molecule has 0 spiro atoms. The zero-order valence-electron chi connectivity index (χ0n) is 17.8. The summed E-state index contributed by atoms with van der Waals surface area (Å²) in [7, 11) is 1.92. The fourth-order valence-electron chi connectivity index (χ4n) is 4.16. The van der Waals surface area contributed by atoms with E-state index in [4.69, 9.17) is 24.7 Å². The van der Waals surface area contributed by atoms with Crippen molar-refractivity contribution in [1.82, 2.24) is 29.7 Å². The van der Waals surface area contributed by atoms with Gasteiger partial charge in [0.25, 0.3) is 0 Å². The Morgan fingerprint density at radius 3 is 2.70 bits per heavy atom. The lowest BCUT2D eigenvalue weighted by molar-refractivity contribution is 0.0392. The van der Waals surface area contributed by atoms with Gasteiger partial charge in [0.2, 0.25) is 5.95 Å². The molecule has 1 unspecified atom stereocenters. The predicted octanol–water partition coefficient (Wildman–Crippen LogP) is 3.31. The highest BCUT2D eigenvalue weighted by Gasteiger charge is 2.26. The Bertz CT molecular complexity index is 1120. The molecule has 1 saturated heterocycles. The number of aromatic nitrogens is 6. The summed E-state index contributed by atoms with van der Waals surface area (Å²) < 4.78 is 7.81. The lowest BCUT2D eigenvalue weighted by atomic mass is 9.96. The molecule has 0 amide bonds. The summed E-state index contributed by atoms with van der Waals surface area (Å²) in [5, 5.41) is 4.28. The summed E-state index contributed by atoms with van der Waals surface area (Å²) in [5.41, 5.74) is 6.61. The SMILES string of the molecule is Cc1nc2nc(N3CCOC(c4cnn(C)c4)C3)nc(C3=CCCCC3)c2nc1C. The van der Waals surface area contributed by atoms with E-state index in [1.165, 1.54) is 18.4 Å². The molecule has 30 heavy (non-hydrogen) atoms. The zero-order chi connectivity index (χ0) is 20.7. The fourth-order valence-corrected chi connectivity index (χ4v) is 4.16. The molecule has 4 heterocycles. The molecule has 8 nitrogen and oxygen atoms in total. The summed E-state index contributed by atoms with van der Waals surface area (Å²) >= 11 is 0. The Kier molecular flexibility index (Phi) is 4.94. The van der Waals surface area contributed by atoms with Gasteiger partial charge in [-0.05, 0) is 45.1 Å². The molecule has 0 N–H and O–H groups in total. The van der Waals surface area contributed by atoms with Gasteiger partial charge in [0.1, 0.15) is 11.6 Å². The second-order valence-electron chi connectivity index (χ2n) is 8.17. The lowest BCUT2D eigenvalue weighted by Crippen LogP contribution is -2.39. The third-order valence-corrected chi connectivity index (χ3v) is 5.97. The number of ether oxygens (including phenoxy) is 1. The maximum absolute atomic E-state index is 6.01. The first kappa shape index (κ1) is 19.1. The normalized spacial score (nSPS) is 19.9. The molecule has 156 valence electrons. The number of morpholine rings is 1. The van der Waals surface area contributed by atoms with Gasteiger partial charge in [-0.25, -0.2) is 15.0 Å². The van der Waals surface area contributed by atoms with Gasteiger partial charge in [-0.15, -0.1) is 0 Å². The fraction of sp³-hybridized carbons (Fsp3) is 0.500. The van der Waals surface area contributed by atoms with E-state index < -0.39 is 0 Å². The van der Waals surface area contributed by atoms with Crippen LogP contribution in [0.3, 0.4) is 0 Å². The molecule has 1 atom stereocenters. The Labute approximate surface area is 176 Å². The first-order valence-corrected chi connectivity index (χ1v) is 10.7. The highest BCUT2D eigenvalue weighted by Crippen LogP contribution is 2.32. The minimum Gasteiger partial charge on any atom is -0.370 e. The minimum absolute atomic E-state index is 0.0464. The van der Waals surface area contributed by atoms with Crippen LogP contribution in [0.4, 0.5) is 5.95 Å². The Morgan fingerprint density at radius 2 is 1.93 bits per heavy atom. The summed E-state index contributed by atoms with van der Waals surface area (Å²) in [4.78, 5) is 21.6. The molecular formula is C22H27N7O. The molecule has 0 radical (unpaired) electrons. The molecule has 1 fully saturated rings. The van der Waals surface area contributed by atoms with Crippen LogP contribution in [0.15, 0.2) is 18.5 Å². The van der Waals surface area contributed by atoms with Crippen LogP contribution in [0.1, 0.15) is 54.4 Å². The van der Waals surface area contributed by atoms with Crippen molar-refractivity contribution >= 4 is 22.7 Å². The van der Waals surface area contributed by atoms with E-state index in [1.54, 1.807) is 4.68 Å². The quantitative estimate of drug-likeness (QED) is 0.661. The Morgan fingerprint density at radius 1 is 1.07 bits per heavy atom. The first-order valence-electron chi connectivity index (χ1n) is 10.7. The van der Waals surface area contributed by atoms with E-state index in [2.05, 4.69) is 16.1 Å². The highest BCUT2D eigenvalue weighted by atomic mass is 16.5. The molecule has 3 aromatic heterocycles. The topological polar surface area (TPSA) is 81.9 Å². The molecule has 3 aromatic rings. The number of anilines is 1. The monoisotopic (exact) mass is 405 g/mol. The molecule has 0 aromatic carbocycles. The average Bonchev–Trinajstić information content (AvgIpc) is 3.21. The molecule has 5 rings (SSSR count). The smallest absolute Gasteiger partial charge is 0.228 e. The number of hydrogen-bond acceptors (Lipinski definition) is 7. The molecular weight excluding hydrogens is 378 g/mol. The third kappa shape index (κ3) is 3.56. The van der Waals surface area contributed by atoms with Crippen molar-refractivity contribution in [3.63, 3.8) is 0 Å². The molecule has 8 heteroatoms. The zero-order valence-corrected chi connectivity index (χ0v) is 17.8. The summed E-state index contributed by atoms with van der Waals surface area (Å²) in [6, 6.07) is 0. The van der Waals surface area contributed by atoms with Gasteiger partial charge in [0.05, 0.1) is 36.4 Å². The van der Waals surface area contributed by atoms with Crippen LogP contribution in [0.5, 0.6) is 0 Å². The minimum atomic E-state index is -0.0464. The standard InChI is InChI=1S/C22H27N7O/c1-14-15(2)25-21-20(24-14)19(16-7-5-4-6-8-16)26-22(27-21)29-9-10-30-18(13-29)17-11-23-28(3)12-17/h7,11-12,18H,4-6,8-10,13H2,1-3H3. The van der Waals surface area contributed by atoms with Gasteiger partial charge >= 0.3 is 0 Å². The number of rotatable bonds is 3. The van der Waals surface area contributed by atoms with Crippen LogP contribution < -0.4 is 4.90 Å². The number of hydrogen-bond donors (Lipinski definition) is 0. The van der Waals surface area contributed by atoms with Crippen molar-refractivity contribution < 1.29 is 4.74 Å². The number of nitrogens with zero attached hydrogens (tertiary/aromatic N) is 7. The van der Waals surface area contributed by atoms with Crippen LogP contribution in [-0.4, -0.2) is 49.4 Å². The number of allylic oxidation sites excluding steroid dienone is 2. The van der Waals surface area contributed by atoms with E-state index >= 15 is 0 Å². The van der Waals surface area contributed by atoms with E-state index in [1.807, 2.05) is 33.3 Å². The second-order valence-corrected chi connectivity index (χ2v) is 8.17. The van der Waals surface area contributed by atoms with Crippen molar-refractivity contribution in [3.8, 4) is 0 Å². The summed E-state index contributed by atoms with van der Waals surface area (Å²) in [5.74, 6) is 0.707.